The van der Waals surface area contributed by atoms with Gasteiger partial charge in [0.1, 0.15) is 5.82 Å². The van der Waals surface area contributed by atoms with Crippen molar-refractivity contribution in [2.24, 2.45) is 0 Å². The van der Waals surface area contributed by atoms with Gasteiger partial charge >= 0.3 is 0 Å². The average molecular weight is 273 g/mol. The topological polar surface area (TPSA) is 28.2 Å². The first-order valence-electron chi connectivity index (χ1n) is 7.49. The number of aromatic nitrogens is 1. The first-order valence-corrected chi connectivity index (χ1v) is 7.49. The van der Waals surface area contributed by atoms with Crippen molar-refractivity contribution in [1.29, 1.82) is 0 Å². The minimum Gasteiger partial charge on any atom is -0.350 e. The van der Waals surface area contributed by atoms with Crippen LogP contribution in [0, 0.1) is 6.92 Å². The summed E-state index contributed by atoms with van der Waals surface area (Å²) in [6.45, 7) is 14.3. The van der Waals surface area contributed by atoms with Crippen molar-refractivity contribution in [2.45, 2.75) is 58.7 Å². The van der Waals surface area contributed by atoms with Crippen molar-refractivity contribution >= 4 is 5.82 Å². The molecule has 0 spiro atoms. The van der Waals surface area contributed by atoms with Crippen LogP contribution < -0.4 is 10.2 Å². The summed E-state index contributed by atoms with van der Waals surface area (Å²) in [6.07, 6.45) is 4.52. The van der Waals surface area contributed by atoms with Crippen LogP contribution in [0.15, 0.2) is 24.8 Å². The van der Waals surface area contributed by atoms with Crippen molar-refractivity contribution < 1.29 is 0 Å². The van der Waals surface area contributed by atoms with Crippen LogP contribution in [0.2, 0.25) is 0 Å². The zero-order valence-corrected chi connectivity index (χ0v) is 13.2. The molecule has 1 heterocycles. The van der Waals surface area contributed by atoms with E-state index in [1.807, 2.05) is 6.08 Å². The van der Waals surface area contributed by atoms with E-state index in [4.69, 9.17) is 4.98 Å². The van der Waals surface area contributed by atoms with Gasteiger partial charge in [-0.05, 0) is 58.2 Å². The third-order valence-electron chi connectivity index (χ3n) is 3.43. The van der Waals surface area contributed by atoms with Crippen LogP contribution in [0.1, 0.15) is 44.9 Å². The van der Waals surface area contributed by atoms with Gasteiger partial charge in [0.15, 0.2) is 0 Å². The van der Waals surface area contributed by atoms with E-state index in [9.17, 15) is 0 Å². The Morgan fingerprint density at radius 1 is 1.40 bits per heavy atom. The molecule has 0 saturated heterocycles. The van der Waals surface area contributed by atoms with Crippen LogP contribution in [0.5, 0.6) is 0 Å². The van der Waals surface area contributed by atoms with Gasteiger partial charge in [-0.25, -0.2) is 4.98 Å². The maximum Gasteiger partial charge on any atom is 0.129 e. The number of anilines is 1. The number of rotatable bonds is 6. The minimum atomic E-state index is 0.134. The van der Waals surface area contributed by atoms with Crippen LogP contribution in [0.3, 0.4) is 0 Å². The first kappa shape index (κ1) is 15.0. The lowest BCUT2D eigenvalue weighted by atomic mass is 10.1. The Balaban J connectivity index is 2.16. The smallest absolute Gasteiger partial charge is 0.129 e. The molecule has 0 aromatic carbocycles. The molecule has 0 bridgehead atoms. The van der Waals surface area contributed by atoms with Crippen molar-refractivity contribution in [1.82, 2.24) is 10.3 Å². The molecular formula is C17H27N3. The molecule has 1 aliphatic carbocycles. The third-order valence-corrected chi connectivity index (χ3v) is 3.43. The van der Waals surface area contributed by atoms with Crippen molar-refractivity contribution in [3.05, 3.63) is 36.0 Å². The minimum absolute atomic E-state index is 0.134. The molecule has 20 heavy (non-hydrogen) atoms. The van der Waals surface area contributed by atoms with Crippen LogP contribution in [0.25, 0.3) is 0 Å². The Hall–Kier alpha value is -1.35. The number of hydrogen-bond acceptors (Lipinski definition) is 3. The standard InChI is InChI=1S/C17H27N3/c1-6-9-20(15-7-8-15)16-11-14(10-13(2)19-16)12-18-17(3,4)5/h6,10-11,15,18H,1,7-9,12H2,2-5H3. The second kappa shape index (κ2) is 5.96. The van der Waals surface area contributed by atoms with Gasteiger partial charge in [0.25, 0.3) is 0 Å². The van der Waals surface area contributed by atoms with Crippen LogP contribution in [-0.2, 0) is 6.54 Å². The molecule has 1 saturated carbocycles. The molecular weight excluding hydrogens is 246 g/mol. The highest BCUT2D eigenvalue weighted by atomic mass is 15.2. The van der Waals surface area contributed by atoms with Gasteiger partial charge in [-0.3, -0.25) is 0 Å². The van der Waals surface area contributed by atoms with Crippen molar-refractivity contribution in [3.63, 3.8) is 0 Å². The Morgan fingerprint density at radius 3 is 2.65 bits per heavy atom. The molecule has 1 N–H and O–H groups in total. The van der Waals surface area contributed by atoms with Gasteiger partial charge in [-0.15, -0.1) is 6.58 Å². The van der Waals surface area contributed by atoms with E-state index in [-0.39, 0.29) is 5.54 Å². The molecule has 1 aromatic rings. The number of hydrogen-bond donors (Lipinski definition) is 1. The fraction of sp³-hybridized carbons (Fsp3) is 0.588. The number of nitrogens with zero attached hydrogens (tertiary/aromatic N) is 2. The lowest BCUT2D eigenvalue weighted by Gasteiger charge is -2.24. The Morgan fingerprint density at radius 2 is 2.10 bits per heavy atom. The van der Waals surface area contributed by atoms with Gasteiger partial charge in [0.05, 0.1) is 0 Å². The predicted molar refractivity (Wildman–Crippen MR) is 86.1 cm³/mol. The summed E-state index contributed by atoms with van der Waals surface area (Å²) < 4.78 is 0. The summed E-state index contributed by atoms with van der Waals surface area (Å²) in [7, 11) is 0. The molecule has 0 aliphatic heterocycles. The highest BCUT2D eigenvalue weighted by Gasteiger charge is 2.29. The molecule has 3 nitrogen and oxygen atoms in total. The molecule has 1 fully saturated rings. The summed E-state index contributed by atoms with van der Waals surface area (Å²) in [6, 6.07) is 5.04. The largest absolute Gasteiger partial charge is 0.350 e. The Labute approximate surface area is 123 Å². The SMILES string of the molecule is C=CCN(c1cc(CNC(C)(C)C)cc(C)n1)C1CC1. The molecule has 0 radical (unpaired) electrons. The first-order chi connectivity index (χ1) is 9.39. The summed E-state index contributed by atoms with van der Waals surface area (Å²) in [5.41, 5.74) is 2.52. The molecule has 0 amide bonds. The van der Waals surface area contributed by atoms with Gasteiger partial charge in [-0.2, -0.15) is 0 Å². The number of nitrogens with one attached hydrogen (secondary N) is 1. The summed E-state index contributed by atoms with van der Waals surface area (Å²) in [5.74, 6) is 1.10. The second-order valence-electron chi connectivity index (χ2n) is 6.75. The van der Waals surface area contributed by atoms with Crippen LogP contribution >= 0.6 is 0 Å². The summed E-state index contributed by atoms with van der Waals surface area (Å²) in [4.78, 5) is 7.08. The van der Waals surface area contributed by atoms with E-state index in [0.717, 1.165) is 24.6 Å². The highest BCUT2D eigenvalue weighted by Crippen LogP contribution is 2.31. The Bertz CT molecular complexity index is 470. The van der Waals surface area contributed by atoms with Crippen molar-refractivity contribution in [3.8, 4) is 0 Å². The van der Waals surface area contributed by atoms with Gasteiger partial charge in [0, 0.05) is 30.4 Å². The number of pyridine rings is 1. The highest BCUT2D eigenvalue weighted by molar-refractivity contribution is 5.45. The maximum absolute atomic E-state index is 4.71. The van der Waals surface area contributed by atoms with Crippen LogP contribution in [0.4, 0.5) is 5.82 Å². The van der Waals surface area contributed by atoms with Crippen molar-refractivity contribution in [2.75, 3.05) is 11.4 Å². The quantitative estimate of drug-likeness (QED) is 0.805. The number of aryl methyl sites for hydroxylation is 1. The van der Waals surface area contributed by atoms with E-state index < -0.39 is 0 Å². The zero-order chi connectivity index (χ0) is 14.8. The summed E-state index contributed by atoms with van der Waals surface area (Å²) in [5, 5.41) is 3.54. The normalized spacial score (nSPS) is 15.2. The Kier molecular flexibility index (Phi) is 4.48. The van der Waals surface area contributed by atoms with E-state index in [0.29, 0.717) is 6.04 Å². The van der Waals surface area contributed by atoms with Gasteiger partial charge in [0.2, 0.25) is 0 Å². The van der Waals surface area contributed by atoms with Gasteiger partial charge < -0.3 is 10.2 Å². The van der Waals surface area contributed by atoms with E-state index >= 15 is 0 Å². The van der Waals surface area contributed by atoms with Crippen LogP contribution in [-0.4, -0.2) is 23.1 Å². The fourth-order valence-electron chi connectivity index (χ4n) is 2.29. The molecule has 110 valence electrons. The zero-order valence-electron chi connectivity index (χ0n) is 13.2. The van der Waals surface area contributed by atoms with E-state index in [1.165, 1.54) is 18.4 Å². The van der Waals surface area contributed by atoms with Gasteiger partial charge in [-0.1, -0.05) is 6.08 Å². The van der Waals surface area contributed by atoms with E-state index in [1.54, 1.807) is 0 Å². The maximum atomic E-state index is 4.71. The fourth-order valence-corrected chi connectivity index (χ4v) is 2.29. The third kappa shape index (κ3) is 4.34. The van der Waals surface area contributed by atoms with E-state index in [2.05, 4.69) is 56.6 Å². The molecule has 0 atom stereocenters. The predicted octanol–water partition coefficient (Wildman–Crippen LogP) is 3.43. The monoisotopic (exact) mass is 273 g/mol. The lowest BCUT2D eigenvalue weighted by molar-refractivity contribution is 0.424. The second-order valence-corrected chi connectivity index (χ2v) is 6.75. The molecule has 0 unspecified atom stereocenters. The lowest BCUT2D eigenvalue weighted by Crippen LogP contribution is -2.35. The summed E-state index contributed by atoms with van der Waals surface area (Å²) >= 11 is 0. The molecule has 3 heteroatoms. The average Bonchev–Trinajstić information content (AvgIpc) is 3.16. The molecule has 1 aliphatic rings. The molecule has 1 aromatic heterocycles. The molecule has 2 rings (SSSR count).